The molecule has 4 nitrogen and oxygen atoms in total. The van der Waals surface area contributed by atoms with E-state index in [1.54, 1.807) is 10.6 Å². The lowest BCUT2D eigenvalue weighted by Crippen LogP contribution is -1.99. The highest BCUT2D eigenvalue weighted by molar-refractivity contribution is 7.71. The molecule has 0 unspecified atom stereocenters. The van der Waals surface area contributed by atoms with Gasteiger partial charge in [-0.3, -0.25) is 9.13 Å². The standard InChI is InChI=1S/C19H18N2O2S/c1-3-13-20-18(22)14(2)21(19(20)24)15-9-11-17(12-10-15)23-16-7-5-4-6-8-16/h3-12,22H,1,13H2,2H3. The molecule has 3 rings (SSSR count). The largest absolute Gasteiger partial charge is 0.493 e. The van der Waals surface area contributed by atoms with Gasteiger partial charge in [0.1, 0.15) is 11.5 Å². The SMILES string of the molecule is C=CCn1c(O)c(C)n(-c2ccc(Oc3ccccc3)cc2)c1=S. The minimum atomic E-state index is 0.157. The first-order valence-electron chi connectivity index (χ1n) is 7.57. The summed E-state index contributed by atoms with van der Waals surface area (Å²) >= 11 is 5.47. The molecule has 0 fully saturated rings. The third kappa shape index (κ3) is 2.98. The number of rotatable bonds is 5. The zero-order chi connectivity index (χ0) is 17.1. The summed E-state index contributed by atoms with van der Waals surface area (Å²) in [5.74, 6) is 1.68. The van der Waals surface area contributed by atoms with Crippen LogP contribution >= 0.6 is 12.2 Å². The minimum absolute atomic E-state index is 0.157. The van der Waals surface area contributed by atoms with Crippen LogP contribution in [0, 0.1) is 11.7 Å². The van der Waals surface area contributed by atoms with Gasteiger partial charge < -0.3 is 9.84 Å². The van der Waals surface area contributed by atoms with Crippen molar-refractivity contribution in [1.29, 1.82) is 0 Å². The van der Waals surface area contributed by atoms with Crippen LogP contribution in [0.4, 0.5) is 0 Å². The second-order valence-corrected chi connectivity index (χ2v) is 5.70. The van der Waals surface area contributed by atoms with E-state index in [0.717, 1.165) is 17.2 Å². The van der Waals surface area contributed by atoms with Gasteiger partial charge in [0.25, 0.3) is 0 Å². The lowest BCUT2D eigenvalue weighted by atomic mass is 10.3. The summed E-state index contributed by atoms with van der Waals surface area (Å²) < 4.78 is 9.80. The van der Waals surface area contributed by atoms with Crippen LogP contribution in [0.1, 0.15) is 5.69 Å². The Morgan fingerprint density at radius 2 is 1.71 bits per heavy atom. The van der Waals surface area contributed by atoms with Crippen LogP contribution in [0.25, 0.3) is 5.69 Å². The van der Waals surface area contributed by atoms with E-state index in [1.807, 2.05) is 66.1 Å². The van der Waals surface area contributed by atoms with Crippen LogP contribution in [-0.2, 0) is 6.54 Å². The first kappa shape index (κ1) is 16.1. The van der Waals surface area contributed by atoms with Gasteiger partial charge >= 0.3 is 0 Å². The van der Waals surface area contributed by atoms with Crippen molar-refractivity contribution in [2.45, 2.75) is 13.5 Å². The molecule has 2 aromatic carbocycles. The predicted molar refractivity (Wildman–Crippen MR) is 97.7 cm³/mol. The predicted octanol–water partition coefficient (Wildman–Crippen LogP) is 5.00. The van der Waals surface area contributed by atoms with Crippen LogP contribution in [0.5, 0.6) is 17.4 Å². The van der Waals surface area contributed by atoms with Gasteiger partial charge in [-0.25, -0.2) is 0 Å². The maximum absolute atomic E-state index is 10.2. The third-order valence-corrected chi connectivity index (χ3v) is 4.13. The number of aromatic nitrogens is 2. The molecule has 3 aromatic rings. The number of benzene rings is 2. The molecule has 0 radical (unpaired) electrons. The number of hydrogen-bond acceptors (Lipinski definition) is 3. The number of para-hydroxylation sites is 1. The summed E-state index contributed by atoms with van der Waals surface area (Å²) in [6, 6.07) is 17.2. The zero-order valence-electron chi connectivity index (χ0n) is 13.3. The molecule has 0 spiro atoms. The average molecular weight is 338 g/mol. The van der Waals surface area contributed by atoms with Crippen molar-refractivity contribution in [3.63, 3.8) is 0 Å². The van der Waals surface area contributed by atoms with Gasteiger partial charge in [-0.15, -0.1) is 6.58 Å². The molecule has 0 amide bonds. The second kappa shape index (κ2) is 6.76. The van der Waals surface area contributed by atoms with Gasteiger partial charge in [0, 0.05) is 12.2 Å². The lowest BCUT2D eigenvalue weighted by Gasteiger charge is -2.08. The van der Waals surface area contributed by atoms with E-state index < -0.39 is 0 Å². The Morgan fingerprint density at radius 1 is 1.08 bits per heavy atom. The number of imidazole rings is 1. The van der Waals surface area contributed by atoms with Crippen molar-refractivity contribution in [1.82, 2.24) is 9.13 Å². The van der Waals surface area contributed by atoms with Gasteiger partial charge in [-0.2, -0.15) is 0 Å². The first-order valence-corrected chi connectivity index (χ1v) is 7.98. The molecular formula is C19H18N2O2S. The maximum atomic E-state index is 10.2. The highest BCUT2D eigenvalue weighted by Crippen LogP contribution is 2.27. The van der Waals surface area contributed by atoms with Gasteiger partial charge in [-0.05, 0) is 55.5 Å². The van der Waals surface area contributed by atoms with Crippen molar-refractivity contribution in [2.75, 3.05) is 0 Å². The summed E-state index contributed by atoms with van der Waals surface area (Å²) in [6.07, 6.45) is 1.70. The molecule has 0 aliphatic heterocycles. The molecule has 1 aromatic heterocycles. The fourth-order valence-electron chi connectivity index (χ4n) is 2.54. The van der Waals surface area contributed by atoms with Crippen molar-refractivity contribution >= 4 is 12.2 Å². The number of nitrogens with zero attached hydrogens (tertiary/aromatic N) is 2. The number of allylic oxidation sites excluding steroid dienone is 1. The summed E-state index contributed by atoms with van der Waals surface area (Å²) in [4.78, 5) is 0. The van der Waals surface area contributed by atoms with E-state index in [9.17, 15) is 5.11 Å². The molecule has 0 aliphatic rings. The van der Waals surface area contributed by atoms with Crippen molar-refractivity contribution in [3.8, 4) is 23.1 Å². The molecule has 0 atom stereocenters. The fourth-order valence-corrected chi connectivity index (χ4v) is 2.94. The molecule has 0 aliphatic carbocycles. The molecular weight excluding hydrogens is 320 g/mol. The summed E-state index contributed by atoms with van der Waals surface area (Å²) in [7, 11) is 0. The monoisotopic (exact) mass is 338 g/mol. The number of hydrogen-bond donors (Lipinski definition) is 1. The molecule has 24 heavy (non-hydrogen) atoms. The summed E-state index contributed by atoms with van der Waals surface area (Å²) in [6.45, 7) is 6.00. The Balaban J connectivity index is 1.93. The van der Waals surface area contributed by atoms with E-state index >= 15 is 0 Å². The lowest BCUT2D eigenvalue weighted by molar-refractivity contribution is 0.421. The molecule has 1 heterocycles. The quantitative estimate of drug-likeness (QED) is 0.525. The van der Waals surface area contributed by atoms with Crippen LogP contribution in [0.15, 0.2) is 67.3 Å². The fraction of sp³-hybridized carbons (Fsp3) is 0.105. The van der Waals surface area contributed by atoms with Crippen LogP contribution in [0.2, 0.25) is 0 Å². The van der Waals surface area contributed by atoms with Gasteiger partial charge in [0.15, 0.2) is 4.77 Å². The molecule has 0 saturated carbocycles. The molecule has 0 bridgehead atoms. The Labute approximate surface area is 145 Å². The van der Waals surface area contributed by atoms with Crippen molar-refractivity contribution < 1.29 is 9.84 Å². The first-order chi connectivity index (χ1) is 11.6. The van der Waals surface area contributed by atoms with E-state index in [2.05, 4.69) is 6.58 Å². The van der Waals surface area contributed by atoms with Crippen LogP contribution in [-0.4, -0.2) is 14.2 Å². The smallest absolute Gasteiger partial charge is 0.213 e. The third-order valence-electron chi connectivity index (χ3n) is 3.72. The summed E-state index contributed by atoms with van der Waals surface area (Å²) in [5, 5.41) is 10.2. The van der Waals surface area contributed by atoms with E-state index in [1.165, 1.54) is 0 Å². The number of ether oxygens (including phenoxy) is 1. The van der Waals surface area contributed by atoms with Gasteiger partial charge in [0.05, 0.1) is 5.69 Å². The summed E-state index contributed by atoms with van der Waals surface area (Å²) in [5.41, 5.74) is 1.56. The molecule has 1 N–H and O–H groups in total. The normalized spacial score (nSPS) is 10.5. The second-order valence-electron chi connectivity index (χ2n) is 5.34. The minimum Gasteiger partial charge on any atom is -0.493 e. The Kier molecular flexibility index (Phi) is 4.53. The van der Waals surface area contributed by atoms with Crippen molar-refractivity contribution in [3.05, 3.63) is 77.7 Å². The van der Waals surface area contributed by atoms with Gasteiger partial charge in [0.2, 0.25) is 5.88 Å². The highest BCUT2D eigenvalue weighted by atomic mass is 32.1. The zero-order valence-corrected chi connectivity index (χ0v) is 14.2. The number of aromatic hydroxyl groups is 1. The Hall–Kier alpha value is -2.79. The van der Waals surface area contributed by atoms with Crippen molar-refractivity contribution in [2.24, 2.45) is 0 Å². The van der Waals surface area contributed by atoms with E-state index in [-0.39, 0.29) is 5.88 Å². The van der Waals surface area contributed by atoms with E-state index in [4.69, 9.17) is 17.0 Å². The molecule has 0 saturated heterocycles. The highest BCUT2D eigenvalue weighted by Gasteiger charge is 2.14. The Morgan fingerprint density at radius 3 is 2.33 bits per heavy atom. The molecule has 5 heteroatoms. The average Bonchev–Trinajstić information content (AvgIpc) is 2.81. The van der Waals surface area contributed by atoms with E-state index in [0.29, 0.717) is 17.0 Å². The molecule has 122 valence electrons. The Bertz CT molecular complexity index is 909. The topological polar surface area (TPSA) is 39.3 Å². The van der Waals surface area contributed by atoms with Gasteiger partial charge in [-0.1, -0.05) is 24.3 Å². The van der Waals surface area contributed by atoms with Crippen LogP contribution < -0.4 is 4.74 Å². The maximum Gasteiger partial charge on any atom is 0.213 e. The van der Waals surface area contributed by atoms with Crippen LogP contribution in [0.3, 0.4) is 0 Å².